The highest BCUT2D eigenvalue weighted by molar-refractivity contribution is 5.70. The van der Waals surface area contributed by atoms with Crippen molar-refractivity contribution in [3.63, 3.8) is 0 Å². The minimum Gasteiger partial charge on any atom is -0.469 e. The topological polar surface area (TPSA) is 70.1 Å². The molecular weight excluding hydrogens is 194 g/mol. The molecule has 0 aromatic carbocycles. The molecule has 5 heteroatoms. The number of hydrogen-bond acceptors (Lipinski definition) is 4. The van der Waals surface area contributed by atoms with Gasteiger partial charge in [0.2, 0.25) is 0 Å². The number of ether oxygens (including phenoxy) is 1. The summed E-state index contributed by atoms with van der Waals surface area (Å²) in [6.45, 7) is 2.36. The van der Waals surface area contributed by atoms with E-state index in [0.717, 1.165) is 11.3 Å². The van der Waals surface area contributed by atoms with Gasteiger partial charge >= 0.3 is 5.97 Å². The van der Waals surface area contributed by atoms with Crippen molar-refractivity contribution >= 4 is 5.97 Å². The number of rotatable bonds is 4. The molecule has 0 aliphatic carbocycles. The van der Waals surface area contributed by atoms with Crippen LogP contribution in [0.2, 0.25) is 0 Å². The number of methoxy groups -OCH3 is 1. The minimum absolute atomic E-state index is 0.0568. The summed E-state index contributed by atoms with van der Waals surface area (Å²) in [5, 5.41) is 4.30. The molecule has 84 valence electrons. The lowest BCUT2D eigenvalue weighted by molar-refractivity contribution is -0.141. The summed E-state index contributed by atoms with van der Waals surface area (Å²) in [5.74, 6) is -0.311. The molecular formula is C10H17N3O2. The van der Waals surface area contributed by atoms with Gasteiger partial charge in [-0.3, -0.25) is 9.48 Å². The number of hydrogen-bond donors (Lipinski definition) is 1. The van der Waals surface area contributed by atoms with Crippen LogP contribution < -0.4 is 5.73 Å². The molecule has 1 atom stereocenters. The van der Waals surface area contributed by atoms with E-state index in [2.05, 4.69) is 9.84 Å². The van der Waals surface area contributed by atoms with Crippen LogP contribution in [0.1, 0.15) is 23.6 Å². The second kappa shape index (κ2) is 4.93. The summed E-state index contributed by atoms with van der Waals surface area (Å²) in [6, 6.07) is 0. The molecule has 0 bridgehead atoms. The zero-order chi connectivity index (χ0) is 11.4. The highest BCUT2D eigenvalue weighted by Crippen LogP contribution is 2.20. The predicted octanol–water partition coefficient (Wildman–Crippen LogP) is 0.334. The summed E-state index contributed by atoms with van der Waals surface area (Å²) in [7, 11) is 3.23. The van der Waals surface area contributed by atoms with Gasteiger partial charge in [0.25, 0.3) is 0 Å². The zero-order valence-electron chi connectivity index (χ0n) is 9.36. The van der Waals surface area contributed by atoms with Gasteiger partial charge in [-0.2, -0.15) is 5.10 Å². The molecule has 0 fully saturated rings. The molecule has 0 spiro atoms. The predicted molar refractivity (Wildman–Crippen MR) is 56.4 cm³/mol. The van der Waals surface area contributed by atoms with Crippen LogP contribution in [-0.4, -0.2) is 29.4 Å². The van der Waals surface area contributed by atoms with E-state index in [-0.39, 0.29) is 18.3 Å². The lowest BCUT2D eigenvalue weighted by atomic mass is 9.99. The second-order valence-electron chi connectivity index (χ2n) is 3.58. The molecule has 1 unspecified atom stereocenters. The summed E-state index contributed by atoms with van der Waals surface area (Å²) < 4.78 is 6.35. The van der Waals surface area contributed by atoms with Crippen molar-refractivity contribution in [1.82, 2.24) is 9.78 Å². The number of carbonyl (C=O) groups excluding carboxylic acids is 1. The maximum absolute atomic E-state index is 11.2. The number of aromatic nitrogens is 2. The number of aryl methyl sites for hydroxylation is 2. The van der Waals surface area contributed by atoms with Gasteiger partial charge in [0.05, 0.1) is 19.2 Å². The van der Waals surface area contributed by atoms with E-state index >= 15 is 0 Å². The maximum atomic E-state index is 11.2. The normalized spacial score (nSPS) is 12.5. The van der Waals surface area contributed by atoms with Crippen LogP contribution in [0.5, 0.6) is 0 Å². The van der Waals surface area contributed by atoms with E-state index in [9.17, 15) is 4.79 Å². The largest absolute Gasteiger partial charge is 0.469 e. The average Bonchev–Trinajstić information content (AvgIpc) is 2.54. The van der Waals surface area contributed by atoms with Gasteiger partial charge in [-0.25, -0.2) is 0 Å². The Labute approximate surface area is 89.2 Å². The molecule has 0 saturated heterocycles. The van der Waals surface area contributed by atoms with Gasteiger partial charge < -0.3 is 10.5 Å². The average molecular weight is 211 g/mol. The van der Waals surface area contributed by atoms with Crippen LogP contribution in [0.15, 0.2) is 6.20 Å². The molecule has 0 aliphatic heterocycles. The van der Waals surface area contributed by atoms with Crippen molar-refractivity contribution in [2.45, 2.75) is 19.3 Å². The number of nitrogens with zero attached hydrogens (tertiary/aromatic N) is 2. The lowest BCUT2D eigenvalue weighted by Gasteiger charge is -2.11. The van der Waals surface area contributed by atoms with E-state index in [1.807, 2.05) is 20.2 Å². The fraction of sp³-hybridized carbons (Fsp3) is 0.600. The van der Waals surface area contributed by atoms with Gasteiger partial charge in [-0.15, -0.1) is 0 Å². The monoisotopic (exact) mass is 211 g/mol. The number of nitrogens with two attached hydrogens (primary N) is 1. The SMILES string of the molecule is COC(=O)CC(CN)c1nn(C)cc1C. The summed E-state index contributed by atoms with van der Waals surface area (Å²) in [6.07, 6.45) is 2.19. The van der Waals surface area contributed by atoms with Crippen LogP contribution in [0.4, 0.5) is 0 Å². The van der Waals surface area contributed by atoms with Gasteiger partial charge in [-0.1, -0.05) is 0 Å². The van der Waals surface area contributed by atoms with E-state index in [1.165, 1.54) is 7.11 Å². The Morgan fingerprint density at radius 3 is 2.80 bits per heavy atom. The molecule has 5 nitrogen and oxygen atoms in total. The Hall–Kier alpha value is -1.36. The van der Waals surface area contributed by atoms with Crippen LogP contribution in [0, 0.1) is 6.92 Å². The fourth-order valence-corrected chi connectivity index (χ4v) is 1.60. The standard InChI is InChI=1S/C10H17N3O2/c1-7-6-13(2)12-10(7)8(5-11)4-9(14)15-3/h6,8H,4-5,11H2,1-3H3. The third kappa shape index (κ3) is 2.79. The Morgan fingerprint density at radius 2 is 2.40 bits per heavy atom. The van der Waals surface area contributed by atoms with Crippen molar-refractivity contribution in [3.05, 3.63) is 17.5 Å². The second-order valence-corrected chi connectivity index (χ2v) is 3.58. The Kier molecular flexibility index (Phi) is 3.85. The first-order valence-electron chi connectivity index (χ1n) is 4.85. The van der Waals surface area contributed by atoms with Gasteiger partial charge in [0, 0.05) is 25.7 Å². The maximum Gasteiger partial charge on any atom is 0.306 e. The molecule has 1 heterocycles. The fourth-order valence-electron chi connectivity index (χ4n) is 1.60. The highest BCUT2D eigenvalue weighted by Gasteiger charge is 2.19. The van der Waals surface area contributed by atoms with Gasteiger partial charge in [0.1, 0.15) is 0 Å². The minimum atomic E-state index is -0.254. The van der Waals surface area contributed by atoms with Crippen LogP contribution >= 0.6 is 0 Å². The van der Waals surface area contributed by atoms with Crippen molar-refractivity contribution in [1.29, 1.82) is 0 Å². The first kappa shape index (κ1) is 11.7. The Balaban J connectivity index is 2.82. The summed E-state index contributed by atoms with van der Waals surface area (Å²) in [5.41, 5.74) is 7.56. The van der Waals surface area contributed by atoms with Crippen LogP contribution in [0.3, 0.4) is 0 Å². The molecule has 15 heavy (non-hydrogen) atoms. The quantitative estimate of drug-likeness (QED) is 0.729. The lowest BCUT2D eigenvalue weighted by Crippen LogP contribution is -2.18. The number of carbonyl (C=O) groups is 1. The first-order valence-corrected chi connectivity index (χ1v) is 4.85. The van der Waals surface area contributed by atoms with E-state index in [4.69, 9.17) is 5.73 Å². The van der Waals surface area contributed by atoms with E-state index < -0.39 is 0 Å². The van der Waals surface area contributed by atoms with Crippen molar-refractivity contribution in [2.24, 2.45) is 12.8 Å². The van der Waals surface area contributed by atoms with Gasteiger partial charge in [0.15, 0.2) is 0 Å². The zero-order valence-corrected chi connectivity index (χ0v) is 9.36. The van der Waals surface area contributed by atoms with Gasteiger partial charge in [-0.05, 0) is 12.5 Å². The molecule has 0 aliphatic rings. The molecule has 0 amide bonds. The smallest absolute Gasteiger partial charge is 0.306 e. The Morgan fingerprint density at radius 1 is 1.73 bits per heavy atom. The Bertz CT molecular complexity index is 346. The van der Waals surface area contributed by atoms with E-state index in [1.54, 1.807) is 4.68 Å². The van der Waals surface area contributed by atoms with Crippen molar-refractivity contribution < 1.29 is 9.53 Å². The highest BCUT2D eigenvalue weighted by atomic mass is 16.5. The third-order valence-electron chi connectivity index (χ3n) is 2.36. The number of esters is 1. The van der Waals surface area contributed by atoms with Crippen molar-refractivity contribution in [3.8, 4) is 0 Å². The molecule has 1 aromatic rings. The molecule has 0 saturated carbocycles. The first-order chi connectivity index (χ1) is 7.08. The van der Waals surface area contributed by atoms with Crippen LogP contribution in [-0.2, 0) is 16.6 Å². The molecule has 1 rings (SSSR count). The molecule has 2 N–H and O–H groups in total. The molecule has 1 aromatic heterocycles. The van der Waals surface area contributed by atoms with E-state index in [0.29, 0.717) is 6.54 Å². The van der Waals surface area contributed by atoms with Crippen molar-refractivity contribution in [2.75, 3.05) is 13.7 Å². The third-order valence-corrected chi connectivity index (χ3v) is 2.36. The molecule has 0 radical (unpaired) electrons. The summed E-state index contributed by atoms with van der Waals surface area (Å²) >= 11 is 0. The summed E-state index contributed by atoms with van der Waals surface area (Å²) in [4.78, 5) is 11.2. The van der Waals surface area contributed by atoms with Crippen LogP contribution in [0.25, 0.3) is 0 Å².